The fraction of sp³-hybridized carbons (Fsp3) is 0.375. The van der Waals surface area contributed by atoms with Crippen molar-refractivity contribution in [2.24, 2.45) is 7.05 Å². The molecular weight excluding hydrogens is 310 g/mol. The maximum atomic E-state index is 10.8. The van der Waals surface area contributed by atoms with Crippen molar-refractivity contribution < 1.29 is 9.66 Å². The van der Waals surface area contributed by atoms with Crippen LogP contribution in [0.2, 0.25) is 0 Å². The SMILES string of the molecule is Cn1cc(-c2ccc([N+](=O)[O-])cc2)c2c1C(OC1CCNC1)NN2. The first-order chi connectivity index (χ1) is 11.6. The first-order valence-corrected chi connectivity index (χ1v) is 7.95. The van der Waals surface area contributed by atoms with Gasteiger partial charge in [-0.2, -0.15) is 0 Å². The summed E-state index contributed by atoms with van der Waals surface area (Å²) in [4.78, 5) is 10.4. The minimum absolute atomic E-state index is 0.0901. The first kappa shape index (κ1) is 15.1. The Kier molecular flexibility index (Phi) is 3.72. The molecule has 3 N–H and O–H groups in total. The lowest BCUT2D eigenvalue weighted by Crippen LogP contribution is -2.28. The molecule has 2 aliphatic heterocycles. The molecule has 0 radical (unpaired) electrons. The third-order valence-corrected chi connectivity index (χ3v) is 4.54. The van der Waals surface area contributed by atoms with E-state index in [1.54, 1.807) is 12.1 Å². The van der Waals surface area contributed by atoms with Crippen LogP contribution in [0, 0.1) is 10.1 Å². The van der Waals surface area contributed by atoms with Crippen LogP contribution in [0.5, 0.6) is 0 Å². The van der Waals surface area contributed by atoms with Crippen LogP contribution in [-0.2, 0) is 11.8 Å². The highest BCUT2D eigenvalue weighted by atomic mass is 16.6. The van der Waals surface area contributed by atoms with Crippen LogP contribution in [0.4, 0.5) is 11.4 Å². The van der Waals surface area contributed by atoms with Crippen LogP contribution in [0.3, 0.4) is 0 Å². The third-order valence-electron chi connectivity index (χ3n) is 4.54. The summed E-state index contributed by atoms with van der Waals surface area (Å²) in [6, 6.07) is 6.58. The summed E-state index contributed by atoms with van der Waals surface area (Å²) in [6.07, 6.45) is 3.02. The molecule has 1 aromatic heterocycles. The van der Waals surface area contributed by atoms with Crippen molar-refractivity contribution in [3.63, 3.8) is 0 Å². The van der Waals surface area contributed by atoms with Gasteiger partial charge in [-0.15, -0.1) is 0 Å². The minimum Gasteiger partial charge on any atom is -0.351 e. The molecule has 0 amide bonds. The number of hydrogen-bond donors (Lipinski definition) is 3. The molecule has 24 heavy (non-hydrogen) atoms. The quantitative estimate of drug-likeness (QED) is 0.586. The van der Waals surface area contributed by atoms with Gasteiger partial charge >= 0.3 is 0 Å². The van der Waals surface area contributed by atoms with E-state index < -0.39 is 4.92 Å². The van der Waals surface area contributed by atoms with Gasteiger partial charge in [-0.1, -0.05) is 0 Å². The molecule has 2 aliphatic rings. The Bertz CT molecular complexity index is 765. The van der Waals surface area contributed by atoms with Crippen molar-refractivity contribution in [1.29, 1.82) is 0 Å². The number of ether oxygens (including phenoxy) is 1. The number of nitrogens with one attached hydrogen (secondary N) is 3. The van der Waals surface area contributed by atoms with E-state index >= 15 is 0 Å². The molecule has 2 atom stereocenters. The zero-order valence-electron chi connectivity index (χ0n) is 13.3. The van der Waals surface area contributed by atoms with Crippen molar-refractivity contribution in [2.45, 2.75) is 18.8 Å². The van der Waals surface area contributed by atoms with Crippen molar-refractivity contribution in [2.75, 3.05) is 18.5 Å². The highest BCUT2D eigenvalue weighted by Gasteiger charge is 2.32. The highest BCUT2D eigenvalue weighted by Crippen LogP contribution is 2.40. The fourth-order valence-electron chi connectivity index (χ4n) is 3.31. The van der Waals surface area contributed by atoms with Crippen LogP contribution in [-0.4, -0.2) is 28.7 Å². The van der Waals surface area contributed by atoms with Crippen LogP contribution < -0.4 is 16.2 Å². The van der Waals surface area contributed by atoms with E-state index in [9.17, 15) is 10.1 Å². The van der Waals surface area contributed by atoms with Crippen molar-refractivity contribution >= 4 is 11.4 Å². The first-order valence-electron chi connectivity index (χ1n) is 7.95. The Hall–Kier alpha value is -2.42. The Labute approximate surface area is 138 Å². The molecule has 8 heteroatoms. The van der Waals surface area contributed by atoms with E-state index in [-0.39, 0.29) is 18.0 Å². The van der Waals surface area contributed by atoms with Gasteiger partial charge in [0.05, 0.1) is 22.4 Å². The smallest absolute Gasteiger partial charge is 0.269 e. The van der Waals surface area contributed by atoms with Crippen molar-refractivity contribution in [3.05, 3.63) is 46.3 Å². The summed E-state index contributed by atoms with van der Waals surface area (Å²) in [5.41, 5.74) is 10.4. The lowest BCUT2D eigenvalue weighted by atomic mass is 10.1. The van der Waals surface area contributed by atoms with Gasteiger partial charge in [0.25, 0.3) is 5.69 Å². The maximum Gasteiger partial charge on any atom is 0.269 e. The normalized spacial score (nSPS) is 22.4. The van der Waals surface area contributed by atoms with Gasteiger partial charge in [-0.25, -0.2) is 5.43 Å². The largest absolute Gasteiger partial charge is 0.351 e. The number of aryl methyl sites for hydroxylation is 1. The summed E-state index contributed by atoms with van der Waals surface area (Å²) in [6.45, 7) is 1.85. The van der Waals surface area contributed by atoms with Gasteiger partial charge in [0.15, 0.2) is 6.23 Å². The fourth-order valence-corrected chi connectivity index (χ4v) is 3.31. The summed E-state index contributed by atoms with van der Waals surface area (Å²) in [7, 11) is 1.98. The number of benzene rings is 1. The van der Waals surface area contributed by atoms with Crippen molar-refractivity contribution in [1.82, 2.24) is 15.3 Å². The molecule has 0 saturated carbocycles. The number of non-ortho nitro benzene ring substituents is 1. The number of anilines is 1. The second kappa shape index (κ2) is 5.90. The Morgan fingerprint density at radius 3 is 2.79 bits per heavy atom. The number of rotatable bonds is 4. The zero-order valence-corrected chi connectivity index (χ0v) is 13.3. The number of fused-ring (bicyclic) bond motifs is 1. The maximum absolute atomic E-state index is 10.8. The second-order valence-corrected chi connectivity index (χ2v) is 6.12. The molecule has 0 aliphatic carbocycles. The van der Waals surface area contributed by atoms with Gasteiger partial charge in [-0.05, 0) is 30.7 Å². The van der Waals surface area contributed by atoms with E-state index in [2.05, 4.69) is 16.2 Å². The number of hydrogen-bond acceptors (Lipinski definition) is 6. The van der Waals surface area contributed by atoms with E-state index in [1.807, 2.05) is 17.8 Å². The Morgan fingerprint density at radius 1 is 1.33 bits per heavy atom. The zero-order chi connectivity index (χ0) is 16.7. The number of aromatic nitrogens is 1. The summed E-state index contributed by atoms with van der Waals surface area (Å²) >= 11 is 0. The van der Waals surface area contributed by atoms with Gasteiger partial charge in [0, 0.05) is 37.5 Å². The Morgan fingerprint density at radius 2 is 2.12 bits per heavy atom. The standard InChI is InChI=1S/C16H19N5O3/c1-20-9-13(10-2-4-11(5-3-10)21(22)23)14-15(20)16(19-18-14)24-12-6-7-17-8-12/h2-5,9,12,16-19H,6-8H2,1H3. The van der Waals surface area contributed by atoms with Gasteiger partial charge < -0.3 is 20.0 Å². The number of nitro groups is 1. The van der Waals surface area contributed by atoms with E-state index in [0.29, 0.717) is 0 Å². The average molecular weight is 329 g/mol. The topological polar surface area (TPSA) is 93.4 Å². The molecule has 2 aromatic rings. The lowest BCUT2D eigenvalue weighted by Gasteiger charge is -2.18. The molecule has 1 fully saturated rings. The molecule has 3 heterocycles. The molecule has 1 saturated heterocycles. The van der Waals surface area contributed by atoms with E-state index in [1.165, 1.54) is 12.1 Å². The lowest BCUT2D eigenvalue weighted by molar-refractivity contribution is -0.384. The predicted octanol–water partition coefficient (Wildman–Crippen LogP) is 1.91. The van der Waals surface area contributed by atoms with Crippen LogP contribution >= 0.6 is 0 Å². The average Bonchev–Trinajstić information content (AvgIpc) is 3.28. The molecule has 0 spiro atoms. The molecule has 2 unspecified atom stereocenters. The Balaban J connectivity index is 1.62. The molecule has 8 nitrogen and oxygen atoms in total. The van der Waals surface area contributed by atoms with E-state index in [0.717, 1.165) is 42.0 Å². The second-order valence-electron chi connectivity index (χ2n) is 6.12. The number of nitro benzene ring substituents is 1. The molecule has 4 rings (SSSR count). The highest BCUT2D eigenvalue weighted by molar-refractivity contribution is 5.81. The number of hydrazine groups is 1. The van der Waals surface area contributed by atoms with Crippen molar-refractivity contribution in [3.8, 4) is 11.1 Å². The monoisotopic (exact) mass is 329 g/mol. The minimum atomic E-state index is -0.390. The molecular formula is C16H19N5O3. The van der Waals surface area contributed by atoms with Crippen LogP contribution in [0.1, 0.15) is 18.3 Å². The van der Waals surface area contributed by atoms with Gasteiger partial charge in [0.1, 0.15) is 0 Å². The summed E-state index contributed by atoms with van der Waals surface area (Å²) < 4.78 is 8.17. The molecule has 1 aromatic carbocycles. The van der Waals surface area contributed by atoms with Crippen LogP contribution in [0.15, 0.2) is 30.5 Å². The third kappa shape index (κ3) is 2.54. The van der Waals surface area contributed by atoms with E-state index in [4.69, 9.17) is 4.74 Å². The summed E-state index contributed by atoms with van der Waals surface area (Å²) in [5.74, 6) is 0. The number of nitrogens with zero attached hydrogens (tertiary/aromatic N) is 2. The molecule has 126 valence electrons. The predicted molar refractivity (Wildman–Crippen MR) is 89.4 cm³/mol. The van der Waals surface area contributed by atoms with Gasteiger partial charge in [-0.3, -0.25) is 10.1 Å². The van der Waals surface area contributed by atoms with Gasteiger partial charge in [0.2, 0.25) is 0 Å². The summed E-state index contributed by atoms with van der Waals surface area (Å²) in [5, 5.41) is 14.1. The van der Waals surface area contributed by atoms with Crippen LogP contribution in [0.25, 0.3) is 11.1 Å². The molecule has 0 bridgehead atoms.